The number of aliphatic hydroxyl groups is 1. The molecule has 96 valence electrons. The molecule has 4 heteroatoms. The first-order valence-corrected chi connectivity index (χ1v) is 6.56. The molecule has 0 spiro atoms. The van der Waals surface area contributed by atoms with Crippen molar-refractivity contribution in [3.63, 3.8) is 0 Å². The van der Waals surface area contributed by atoms with E-state index >= 15 is 0 Å². The second kappa shape index (κ2) is 4.78. The molecular formula is C14H18N2OS. The third-order valence-electron chi connectivity index (χ3n) is 3.47. The first-order chi connectivity index (χ1) is 8.48. The van der Waals surface area contributed by atoms with Crippen molar-refractivity contribution in [2.24, 2.45) is 11.0 Å². The highest BCUT2D eigenvalue weighted by atomic mass is 32.1. The van der Waals surface area contributed by atoms with Crippen molar-refractivity contribution in [1.29, 1.82) is 0 Å². The van der Waals surface area contributed by atoms with E-state index in [1.807, 2.05) is 44.2 Å². The third-order valence-corrected chi connectivity index (χ3v) is 3.88. The largest absolute Gasteiger partial charge is 0.369 e. The van der Waals surface area contributed by atoms with E-state index in [-0.39, 0.29) is 5.92 Å². The average molecular weight is 262 g/mol. The first kappa shape index (κ1) is 13.2. The lowest BCUT2D eigenvalue weighted by molar-refractivity contribution is -0.0645. The highest BCUT2D eigenvalue weighted by Gasteiger charge is 2.45. The van der Waals surface area contributed by atoms with Crippen molar-refractivity contribution >= 4 is 22.9 Å². The topological polar surface area (TPSA) is 35.8 Å². The summed E-state index contributed by atoms with van der Waals surface area (Å²) < 4.78 is 0. The van der Waals surface area contributed by atoms with Crippen LogP contribution < -0.4 is 0 Å². The van der Waals surface area contributed by atoms with Gasteiger partial charge in [-0.15, -0.1) is 0 Å². The van der Waals surface area contributed by atoms with Crippen LogP contribution in [0.4, 0.5) is 0 Å². The lowest BCUT2D eigenvalue weighted by atomic mass is 9.91. The Bertz CT molecular complexity index is 482. The van der Waals surface area contributed by atoms with Gasteiger partial charge in [0.25, 0.3) is 0 Å². The van der Waals surface area contributed by atoms with Crippen LogP contribution in [0.3, 0.4) is 0 Å². The molecule has 0 aliphatic carbocycles. The summed E-state index contributed by atoms with van der Waals surface area (Å²) >= 11 is 5.44. The lowest BCUT2D eigenvalue weighted by Gasteiger charge is -2.33. The van der Waals surface area contributed by atoms with Gasteiger partial charge in [0.05, 0.1) is 0 Å². The Labute approximate surface area is 113 Å². The molecule has 1 aromatic rings. The van der Waals surface area contributed by atoms with Crippen molar-refractivity contribution < 1.29 is 5.11 Å². The zero-order chi connectivity index (χ0) is 13.3. The molecule has 2 rings (SSSR count). The summed E-state index contributed by atoms with van der Waals surface area (Å²) in [7, 11) is 0. The van der Waals surface area contributed by atoms with Crippen molar-refractivity contribution in [2.45, 2.75) is 32.9 Å². The van der Waals surface area contributed by atoms with Crippen LogP contribution >= 0.6 is 12.2 Å². The van der Waals surface area contributed by atoms with Crippen LogP contribution in [0.5, 0.6) is 0 Å². The maximum absolute atomic E-state index is 10.6. The average Bonchev–Trinajstić information content (AvgIpc) is 2.59. The van der Waals surface area contributed by atoms with Crippen molar-refractivity contribution in [2.75, 3.05) is 0 Å². The highest BCUT2D eigenvalue weighted by Crippen LogP contribution is 2.34. The predicted octanol–water partition coefficient (Wildman–Crippen LogP) is 2.79. The summed E-state index contributed by atoms with van der Waals surface area (Å²) in [4.78, 5) is 0.566. The summed E-state index contributed by atoms with van der Waals surface area (Å²) in [5.41, 5.74) is 0.799. The van der Waals surface area contributed by atoms with Gasteiger partial charge in [0.2, 0.25) is 0 Å². The molecular weight excluding hydrogens is 244 g/mol. The van der Waals surface area contributed by atoms with Gasteiger partial charge in [-0.2, -0.15) is 5.10 Å². The number of rotatable bonds is 2. The Morgan fingerprint density at radius 2 is 2.06 bits per heavy atom. The van der Waals surface area contributed by atoms with E-state index < -0.39 is 5.72 Å². The molecule has 0 bridgehead atoms. The van der Waals surface area contributed by atoms with Gasteiger partial charge in [-0.3, -0.25) is 0 Å². The molecule has 0 amide bonds. The van der Waals surface area contributed by atoms with Crippen LogP contribution in [-0.4, -0.2) is 26.5 Å². The Hall–Kier alpha value is -1.26. The van der Waals surface area contributed by atoms with Crippen molar-refractivity contribution in [3.05, 3.63) is 35.9 Å². The molecule has 1 aliphatic rings. The van der Waals surface area contributed by atoms with Crippen LogP contribution in [0.15, 0.2) is 35.4 Å². The van der Waals surface area contributed by atoms with Gasteiger partial charge in [0, 0.05) is 17.2 Å². The molecule has 3 nitrogen and oxygen atoms in total. The third kappa shape index (κ3) is 2.06. The Morgan fingerprint density at radius 3 is 2.56 bits per heavy atom. The number of hydrazone groups is 1. The van der Waals surface area contributed by atoms with Gasteiger partial charge < -0.3 is 5.11 Å². The van der Waals surface area contributed by atoms with Crippen molar-refractivity contribution in [3.8, 4) is 0 Å². The number of hydrogen-bond donors (Lipinski definition) is 1. The summed E-state index contributed by atoms with van der Waals surface area (Å²) in [6, 6.07) is 9.67. The van der Waals surface area contributed by atoms with E-state index in [1.54, 1.807) is 11.9 Å². The predicted molar refractivity (Wildman–Crippen MR) is 77.5 cm³/mol. The van der Waals surface area contributed by atoms with E-state index in [0.717, 1.165) is 17.7 Å². The fourth-order valence-corrected chi connectivity index (χ4v) is 2.87. The van der Waals surface area contributed by atoms with E-state index in [2.05, 4.69) is 5.10 Å². The Morgan fingerprint density at radius 1 is 1.44 bits per heavy atom. The molecule has 0 aromatic heterocycles. The van der Waals surface area contributed by atoms with Gasteiger partial charge in [-0.1, -0.05) is 49.5 Å². The molecule has 2 atom stereocenters. The fourth-order valence-electron chi connectivity index (χ4n) is 2.51. The van der Waals surface area contributed by atoms with E-state index in [0.29, 0.717) is 4.99 Å². The number of thiocarbonyl (C=S) groups is 1. The van der Waals surface area contributed by atoms with E-state index in [4.69, 9.17) is 12.2 Å². The minimum Gasteiger partial charge on any atom is -0.369 e. The second-order valence-electron chi connectivity index (χ2n) is 4.78. The second-order valence-corrected chi connectivity index (χ2v) is 5.17. The van der Waals surface area contributed by atoms with Crippen LogP contribution in [0.1, 0.15) is 32.8 Å². The standard InChI is InChI=1S/C14H18N2OS/c1-4-12-10(2)15-16(14(12,3)17)13(18)11-8-6-5-7-9-11/h5-9,12,17H,4H2,1-3H3. The number of hydrogen-bond acceptors (Lipinski definition) is 3. The minimum absolute atomic E-state index is 0.0270. The minimum atomic E-state index is -1.04. The Balaban J connectivity index is 2.33. The zero-order valence-corrected chi connectivity index (χ0v) is 11.7. The van der Waals surface area contributed by atoms with Crippen LogP contribution in [-0.2, 0) is 0 Å². The van der Waals surface area contributed by atoms with Gasteiger partial charge in [0.1, 0.15) is 4.99 Å². The lowest BCUT2D eigenvalue weighted by Crippen LogP contribution is -2.48. The fraction of sp³-hybridized carbons (Fsp3) is 0.429. The van der Waals surface area contributed by atoms with Gasteiger partial charge in [-0.25, -0.2) is 5.01 Å². The molecule has 0 saturated carbocycles. The van der Waals surface area contributed by atoms with Crippen molar-refractivity contribution in [1.82, 2.24) is 5.01 Å². The van der Waals surface area contributed by atoms with Crippen LogP contribution in [0.2, 0.25) is 0 Å². The molecule has 0 fully saturated rings. The molecule has 1 aromatic carbocycles. The van der Waals surface area contributed by atoms with Gasteiger partial charge in [-0.05, 0) is 20.3 Å². The Kier molecular flexibility index (Phi) is 3.50. The molecule has 1 aliphatic heterocycles. The molecule has 1 heterocycles. The van der Waals surface area contributed by atoms with Gasteiger partial charge in [0.15, 0.2) is 5.72 Å². The summed E-state index contributed by atoms with van der Waals surface area (Å²) in [5, 5.41) is 16.6. The maximum atomic E-state index is 10.6. The van der Waals surface area contributed by atoms with E-state index in [1.165, 1.54) is 0 Å². The molecule has 18 heavy (non-hydrogen) atoms. The molecule has 0 saturated heterocycles. The normalized spacial score (nSPS) is 27.2. The zero-order valence-electron chi connectivity index (χ0n) is 10.9. The quantitative estimate of drug-likeness (QED) is 0.833. The van der Waals surface area contributed by atoms with E-state index in [9.17, 15) is 5.11 Å². The monoisotopic (exact) mass is 262 g/mol. The SMILES string of the molecule is CCC1C(C)=NN(C(=S)c2ccccc2)C1(C)O. The first-order valence-electron chi connectivity index (χ1n) is 6.15. The van der Waals surface area contributed by atoms with Crippen LogP contribution in [0, 0.1) is 5.92 Å². The van der Waals surface area contributed by atoms with Gasteiger partial charge >= 0.3 is 0 Å². The number of nitrogens with zero attached hydrogens (tertiary/aromatic N) is 2. The molecule has 0 radical (unpaired) electrons. The molecule has 2 unspecified atom stereocenters. The smallest absolute Gasteiger partial charge is 0.164 e. The number of benzene rings is 1. The summed E-state index contributed by atoms with van der Waals surface area (Å²) in [5.74, 6) is 0.0270. The summed E-state index contributed by atoms with van der Waals surface area (Å²) in [6.45, 7) is 5.76. The molecule has 1 N–H and O–H groups in total. The van der Waals surface area contributed by atoms with Crippen LogP contribution in [0.25, 0.3) is 0 Å². The maximum Gasteiger partial charge on any atom is 0.164 e. The highest BCUT2D eigenvalue weighted by molar-refractivity contribution is 7.80. The summed E-state index contributed by atoms with van der Waals surface area (Å²) in [6.07, 6.45) is 0.843.